The van der Waals surface area contributed by atoms with E-state index in [9.17, 15) is 4.79 Å². The number of carbonyl (C=O) groups is 1. The smallest absolute Gasteiger partial charge is 0.435 e. The number of rotatable bonds is 7. The number of hydrogen-bond donors (Lipinski definition) is 0. The Morgan fingerprint density at radius 1 is 1.15 bits per heavy atom. The van der Waals surface area contributed by atoms with Gasteiger partial charge >= 0.3 is 6.16 Å². The lowest BCUT2D eigenvalue weighted by Crippen LogP contribution is -2.64. The third kappa shape index (κ3) is 5.02. The van der Waals surface area contributed by atoms with Gasteiger partial charge in [-0.1, -0.05) is 44.2 Å². The second kappa shape index (κ2) is 9.07. The number of carbonyl (C=O) groups excluding carboxylic acids is 1. The molecule has 1 aromatic carbocycles. The molecule has 0 radical (unpaired) electrons. The minimum Gasteiger partial charge on any atom is -0.435 e. The van der Waals surface area contributed by atoms with Gasteiger partial charge in [0.25, 0.3) is 0 Å². The van der Waals surface area contributed by atoms with Gasteiger partial charge in [0.15, 0.2) is 0 Å². The molecule has 1 aliphatic heterocycles. The number of benzene rings is 1. The number of ether oxygens (including phenoxy) is 2. The summed E-state index contributed by atoms with van der Waals surface area (Å²) in [6.45, 7) is 12.9. The van der Waals surface area contributed by atoms with Crippen molar-refractivity contribution in [2.24, 2.45) is 0 Å². The predicted molar refractivity (Wildman–Crippen MR) is 106 cm³/mol. The molecular weight excluding hydrogens is 342 g/mol. The van der Waals surface area contributed by atoms with E-state index in [4.69, 9.17) is 14.3 Å². The van der Waals surface area contributed by atoms with Crippen molar-refractivity contribution in [2.75, 3.05) is 6.61 Å². The van der Waals surface area contributed by atoms with Crippen LogP contribution in [0.15, 0.2) is 30.3 Å². The predicted octanol–water partition coefficient (Wildman–Crippen LogP) is 5.65. The highest BCUT2D eigenvalue weighted by Crippen LogP contribution is 2.45. The summed E-state index contributed by atoms with van der Waals surface area (Å²) >= 11 is 0. The SMILES string of the molecule is CCOC(=O)OC1CC(C)(C)N(OC(C)c2ccccc2)C(CC)(CC)C1. The van der Waals surface area contributed by atoms with Crippen LogP contribution in [0.3, 0.4) is 0 Å². The fourth-order valence-electron chi connectivity index (χ4n) is 4.26. The zero-order chi connectivity index (χ0) is 20.1. The van der Waals surface area contributed by atoms with Gasteiger partial charge < -0.3 is 9.47 Å². The second-order valence-corrected chi connectivity index (χ2v) is 8.03. The highest BCUT2D eigenvalue weighted by atomic mass is 16.7. The fraction of sp³-hybridized carbons (Fsp3) is 0.682. The zero-order valence-corrected chi connectivity index (χ0v) is 17.7. The summed E-state index contributed by atoms with van der Waals surface area (Å²) in [5, 5.41) is 2.18. The first-order valence-corrected chi connectivity index (χ1v) is 10.1. The van der Waals surface area contributed by atoms with Crippen LogP contribution in [0, 0.1) is 0 Å². The zero-order valence-electron chi connectivity index (χ0n) is 17.7. The summed E-state index contributed by atoms with van der Waals surface area (Å²) in [7, 11) is 0. The molecule has 2 rings (SSSR count). The Morgan fingerprint density at radius 2 is 1.78 bits per heavy atom. The molecule has 0 N–H and O–H groups in total. The molecule has 1 saturated heterocycles. The Labute approximate surface area is 163 Å². The standard InChI is InChI=1S/C22H35NO4/c1-7-22(8-2)16-19(26-20(24)25-9-3)15-21(5,6)23(22)27-17(4)18-13-11-10-12-14-18/h10-14,17,19H,7-9,15-16H2,1-6H3. The lowest BCUT2D eigenvalue weighted by molar-refractivity contribution is -0.323. The highest BCUT2D eigenvalue weighted by Gasteiger charge is 2.51. The normalized spacial score (nSPS) is 22.8. The van der Waals surface area contributed by atoms with Crippen molar-refractivity contribution in [3.63, 3.8) is 0 Å². The molecule has 1 aliphatic rings. The highest BCUT2D eigenvalue weighted by molar-refractivity contribution is 5.60. The maximum atomic E-state index is 11.9. The van der Waals surface area contributed by atoms with Crippen LogP contribution in [0.25, 0.3) is 0 Å². The molecule has 0 aromatic heterocycles. The summed E-state index contributed by atoms with van der Waals surface area (Å²) in [5.41, 5.74) is 0.686. The fourth-order valence-corrected chi connectivity index (χ4v) is 4.26. The number of nitrogens with zero attached hydrogens (tertiary/aromatic N) is 1. The van der Waals surface area contributed by atoms with Crippen LogP contribution in [0.2, 0.25) is 0 Å². The van der Waals surface area contributed by atoms with Gasteiger partial charge in [-0.3, -0.25) is 4.84 Å². The topological polar surface area (TPSA) is 48.0 Å². The Hall–Kier alpha value is -1.59. The van der Waals surface area contributed by atoms with E-state index >= 15 is 0 Å². The van der Waals surface area contributed by atoms with Crippen molar-refractivity contribution < 1.29 is 19.1 Å². The summed E-state index contributed by atoms with van der Waals surface area (Å²) in [5.74, 6) is 0. The molecule has 2 unspecified atom stereocenters. The average Bonchev–Trinajstić information content (AvgIpc) is 2.64. The summed E-state index contributed by atoms with van der Waals surface area (Å²) < 4.78 is 10.6. The molecule has 0 spiro atoms. The third-order valence-corrected chi connectivity index (χ3v) is 5.69. The van der Waals surface area contributed by atoms with E-state index in [2.05, 4.69) is 51.8 Å². The average molecular weight is 378 g/mol. The van der Waals surface area contributed by atoms with Crippen molar-refractivity contribution >= 4 is 6.16 Å². The largest absolute Gasteiger partial charge is 0.508 e. The van der Waals surface area contributed by atoms with Gasteiger partial charge in [0.05, 0.1) is 6.61 Å². The van der Waals surface area contributed by atoms with Crippen LogP contribution in [0.5, 0.6) is 0 Å². The molecule has 152 valence electrons. The molecule has 0 bridgehead atoms. The Bertz CT molecular complexity index is 598. The molecule has 0 saturated carbocycles. The van der Waals surface area contributed by atoms with E-state index in [1.165, 1.54) is 0 Å². The van der Waals surface area contributed by atoms with E-state index in [0.717, 1.165) is 24.8 Å². The molecule has 27 heavy (non-hydrogen) atoms. The number of hydrogen-bond acceptors (Lipinski definition) is 5. The van der Waals surface area contributed by atoms with Gasteiger partial charge in [-0.15, -0.1) is 0 Å². The van der Waals surface area contributed by atoms with Gasteiger partial charge in [0.2, 0.25) is 0 Å². The monoisotopic (exact) mass is 377 g/mol. The molecule has 1 heterocycles. The van der Waals surface area contributed by atoms with Gasteiger partial charge in [0.1, 0.15) is 12.2 Å². The maximum Gasteiger partial charge on any atom is 0.508 e. The van der Waals surface area contributed by atoms with Gasteiger partial charge in [-0.05, 0) is 46.1 Å². The third-order valence-electron chi connectivity index (χ3n) is 5.69. The first-order valence-electron chi connectivity index (χ1n) is 10.1. The van der Waals surface area contributed by atoms with Crippen molar-refractivity contribution in [3.05, 3.63) is 35.9 Å². The van der Waals surface area contributed by atoms with Crippen LogP contribution < -0.4 is 0 Å². The Balaban J connectivity index is 2.23. The second-order valence-electron chi connectivity index (χ2n) is 8.03. The lowest BCUT2D eigenvalue weighted by Gasteiger charge is -2.56. The minimum atomic E-state index is -0.577. The molecule has 1 fully saturated rings. The Kier molecular flexibility index (Phi) is 7.29. The quantitative estimate of drug-likeness (QED) is 0.574. The first-order chi connectivity index (χ1) is 12.8. The molecule has 5 heteroatoms. The Morgan fingerprint density at radius 3 is 2.33 bits per heavy atom. The van der Waals surface area contributed by atoms with E-state index < -0.39 is 6.16 Å². The van der Waals surface area contributed by atoms with Gasteiger partial charge in [-0.25, -0.2) is 4.79 Å². The van der Waals surface area contributed by atoms with Crippen molar-refractivity contribution in [1.82, 2.24) is 5.06 Å². The molecule has 2 atom stereocenters. The van der Waals surface area contributed by atoms with E-state index in [1.54, 1.807) is 6.92 Å². The minimum absolute atomic E-state index is 0.0505. The van der Waals surface area contributed by atoms with Crippen LogP contribution in [-0.2, 0) is 14.3 Å². The van der Waals surface area contributed by atoms with Gasteiger partial charge in [-0.2, -0.15) is 5.06 Å². The van der Waals surface area contributed by atoms with Gasteiger partial charge in [0, 0.05) is 23.9 Å². The summed E-state index contributed by atoms with van der Waals surface area (Å²) in [4.78, 5) is 18.4. The lowest BCUT2D eigenvalue weighted by atomic mass is 9.75. The molecule has 0 amide bonds. The maximum absolute atomic E-state index is 11.9. The van der Waals surface area contributed by atoms with E-state index in [-0.39, 0.29) is 23.3 Å². The molecule has 1 aromatic rings. The van der Waals surface area contributed by atoms with E-state index in [1.807, 2.05) is 18.2 Å². The number of hydroxylamine groups is 2. The summed E-state index contributed by atoms with van der Waals surface area (Å²) in [6, 6.07) is 10.3. The molecular formula is C22H35NO4. The van der Waals surface area contributed by atoms with Crippen molar-refractivity contribution in [2.45, 2.75) is 90.5 Å². The molecule has 0 aliphatic carbocycles. The molecule has 5 nitrogen and oxygen atoms in total. The van der Waals surface area contributed by atoms with Crippen LogP contribution in [0.4, 0.5) is 4.79 Å². The first kappa shape index (κ1) is 21.7. The van der Waals surface area contributed by atoms with E-state index in [0.29, 0.717) is 13.0 Å². The van der Waals surface area contributed by atoms with Crippen LogP contribution in [-0.4, -0.2) is 35.0 Å². The van der Waals surface area contributed by atoms with Crippen LogP contribution >= 0.6 is 0 Å². The van der Waals surface area contributed by atoms with Crippen LogP contribution in [0.1, 0.15) is 78.9 Å². The summed E-state index contributed by atoms with van der Waals surface area (Å²) in [6.07, 6.45) is 2.47. The van der Waals surface area contributed by atoms with Crippen molar-refractivity contribution in [1.29, 1.82) is 0 Å². The number of piperidine rings is 1. The van der Waals surface area contributed by atoms with Crippen molar-refractivity contribution in [3.8, 4) is 0 Å².